The predicted molar refractivity (Wildman–Crippen MR) is 57.3 cm³/mol. The van der Waals surface area contributed by atoms with Crippen molar-refractivity contribution in [3.8, 4) is 0 Å². The number of aromatic carboxylic acids is 1. The van der Waals surface area contributed by atoms with Crippen molar-refractivity contribution in [3.05, 3.63) is 40.1 Å². The lowest BCUT2D eigenvalue weighted by Crippen LogP contribution is -1.97. The maximum Gasteiger partial charge on any atom is 0.356 e. The molecule has 0 aliphatic carbocycles. The number of thiophene rings is 1. The van der Waals surface area contributed by atoms with Gasteiger partial charge in [-0.2, -0.15) is 0 Å². The van der Waals surface area contributed by atoms with Crippen LogP contribution < -0.4 is 0 Å². The van der Waals surface area contributed by atoms with Gasteiger partial charge in [0.1, 0.15) is 0 Å². The number of carboxylic acid groups (broad SMARTS) is 1. The molecule has 0 saturated heterocycles. The largest absolute Gasteiger partial charge is 0.476 e. The third-order valence-corrected chi connectivity index (χ3v) is 3.15. The van der Waals surface area contributed by atoms with Crippen molar-refractivity contribution in [1.29, 1.82) is 0 Å². The first-order chi connectivity index (χ1) is 7.16. The Balaban J connectivity index is 2.18. The summed E-state index contributed by atoms with van der Waals surface area (Å²) in [5.74, 6) is -0.989. The minimum absolute atomic E-state index is 0.0872. The van der Waals surface area contributed by atoms with Gasteiger partial charge >= 0.3 is 5.97 Å². The first kappa shape index (κ1) is 9.92. The number of imidazole rings is 1. The summed E-state index contributed by atoms with van der Waals surface area (Å²) in [6, 6.07) is 2.05. The monoisotopic (exact) mass is 222 g/mol. The van der Waals surface area contributed by atoms with E-state index in [4.69, 9.17) is 5.11 Å². The molecule has 0 atom stereocenters. The summed E-state index contributed by atoms with van der Waals surface area (Å²) in [5.41, 5.74) is 1.31. The molecule has 2 rings (SSSR count). The third-order valence-electron chi connectivity index (χ3n) is 2.15. The van der Waals surface area contributed by atoms with Crippen molar-refractivity contribution in [2.45, 2.75) is 13.5 Å². The van der Waals surface area contributed by atoms with Crippen LogP contribution in [0.5, 0.6) is 0 Å². The molecule has 78 valence electrons. The highest BCUT2D eigenvalue weighted by Gasteiger charge is 2.07. The molecule has 0 aliphatic rings. The fraction of sp³-hybridized carbons (Fsp3) is 0.200. The van der Waals surface area contributed by atoms with E-state index in [1.165, 1.54) is 10.4 Å². The summed E-state index contributed by atoms with van der Waals surface area (Å²) in [4.78, 5) is 15.6. The zero-order chi connectivity index (χ0) is 10.8. The topological polar surface area (TPSA) is 55.1 Å². The van der Waals surface area contributed by atoms with E-state index in [9.17, 15) is 4.79 Å². The molecular weight excluding hydrogens is 212 g/mol. The van der Waals surface area contributed by atoms with E-state index in [1.807, 2.05) is 12.3 Å². The fourth-order valence-electron chi connectivity index (χ4n) is 1.29. The molecule has 2 heterocycles. The van der Waals surface area contributed by atoms with Crippen LogP contribution in [0.2, 0.25) is 0 Å². The van der Waals surface area contributed by atoms with Gasteiger partial charge in [0.05, 0.1) is 12.9 Å². The molecule has 2 aromatic heterocycles. The van der Waals surface area contributed by atoms with Gasteiger partial charge in [-0.25, -0.2) is 9.78 Å². The SMILES string of the molecule is Cc1ccsc1Cn1cnc(C(=O)O)c1. The van der Waals surface area contributed by atoms with Crippen LogP contribution in [0, 0.1) is 6.92 Å². The van der Waals surface area contributed by atoms with E-state index < -0.39 is 5.97 Å². The van der Waals surface area contributed by atoms with E-state index in [1.54, 1.807) is 28.4 Å². The first-order valence-electron chi connectivity index (χ1n) is 4.45. The molecule has 0 radical (unpaired) electrons. The highest BCUT2D eigenvalue weighted by molar-refractivity contribution is 7.10. The fourth-order valence-corrected chi connectivity index (χ4v) is 2.20. The van der Waals surface area contributed by atoms with Gasteiger partial charge in [-0.3, -0.25) is 0 Å². The lowest BCUT2D eigenvalue weighted by Gasteiger charge is -1.99. The molecule has 4 nitrogen and oxygen atoms in total. The van der Waals surface area contributed by atoms with Gasteiger partial charge in [-0.15, -0.1) is 11.3 Å². The first-order valence-corrected chi connectivity index (χ1v) is 5.33. The lowest BCUT2D eigenvalue weighted by molar-refractivity contribution is 0.0691. The predicted octanol–water partition coefficient (Wildman–Crippen LogP) is 2.00. The van der Waals surface area contributed by atoms with Crippen LogP contribution in [-0.2, 0) is 6.54 Å². The Bertz CT molecular complexity index is 487. The number of hydrogen-bond donors (Lipinski definition) is 1. The summed E-state index contributed by atoms with van der Waals surface area (Å²) in [6.45, 7) is 2.73. The molecule has 0 saturated carbocycles. The number of aryl methyl sites for hydroxylation is 1. The summed E-state index contributed by atoms with van der Waals surface area (Å²) in [5, 5.41) is 10.7. The van der Waals surface area contributed by atoms with Crippen molar-refractivity contribution in [2.75, 3.05) is 0 Å². The van der Waals surface area contributed by atoms with Gasteiger partial charge in [0.2, 0.25) is 0 Å². The molecule has 0 aliphatic heterocycles. The van der Waals surface area contributed by atoms with Crippen molar-refractivity contribution in [3.63, 3.8) is 0 Å². The average molecular weight is 222 g/mol. The molecule has 0 unspecified atom stereocenters. The summed E-state index contributed by atoms with van der Waals surface area (Å²) in [6.07, 6.45) is 3.09. The molecule has 5 heteroatoms. The second-order valence-corrected chi connectivity index (χ2v) is 4.26. The van der Waals surface area contributed by atoms with Crippen LogP contribution in [0.25, 0.3) is 0 Å². The van der Waals surface area contributed by atoms with Crippen molar-refractivity contribution in [1.82, 2.24) is 9.55 Å². The van der Waals surface area contributed by atoms with Crippen molar-refractivity contribution in [2.24, 2.45) is 0 Å². The molecule has 0 amide bonds. The molecule has 0 aromatic carbocycles. The Morgan fingerprint density at radius 1 is 1.67 bits per heavy atom. The number of carboxylic acids is 1. The van der Waals surface area contributed by atoms with Gasteiger partial charge in [-0.05, 0) is 23.9 Å². The van der Waals surface area contributed by atoms with E-state index in [0.29, 0.717) is 6.54 Å². The van der Waals surface area contributed by atoms with Crippen molar-refractivity contribution < 1.29 is 9.90 Å². The smallest absolute Gasteiger partial charge is 0.356 e. The standard InChI is InChI=1S/C10H10N2O2S/c1-7-2-3-15-9(7)5-12-4-8(10(13)14)11-6-12/h2-4,6H,5H2,1H3,(H,13,14). The summed E-state index contributed by atoms with van der Waals surface area (Å²) in [7, 11) is 0. The second kappa shape index (κ2) is 3.86. The number of carbonyl (C=O) groups is 1. The van der Waals surface area contributed by atoms with E-state index >= 15 is 0 Å². The van der Waals surface area contributed by atoms with Crippen LogP contribution in [0.3, 0.4) is 0 Å². The number of rotatable bonds is 3. The Morgan fingerprint density at radius 2 is 2.47 bits per heavy atom. The Labute approximate surface area is 90.8 Å². The van der Waals surface area contributed by atoms with Gasteiger partial charge in [0.25, 0.3) is 0 Å². The van der Waals surface area contributed by atoms with Crippen LogP contribution in [0.4, 0.5) is 0 Å². The number of hydrogen-bond acceptors (Lipinski definition) is 3. The van der Waals surface area contributed by atoms with Crippen LogP contribution >= 0.6 is 11.3 Å². The average Bonchev–Trinajstić information content (AvgIpc) is 2.77. The minimum atomic E-state index is -0.989. The van der Waals surface area contributed by atoms with Gasteiger partial charge < -0.3 is 9.67 Å². The minimum Gasteiger partial charge on any atom is -0.476 e. The second-order valence-electron chi connectivity index (χ2n) is 3.26. The highest BCUT2D eigenvalue weighted by Crippen LogP contribution is 2.16. The van der Waals surface area contributed by atoms with Gasteiger partial charge in [0.15, 0.2) is 5.69 Å². The third kappa shape index (κ3) is 2.07. The van der Waals surface area contributed by atoms with Crippen LogP contribution in [0.1, 0.15) is 20.9 Å². The molecule has 0 fully saturated rings. The quantitative estimate of drug-likeness (QED) is 0.864. The van der Waals surface area contributed by atoms with Crippen molar-refractivity contribution >= 4 is 17.3 Å². The maximum atomic E-state index is 10.6. The molecule has 0 bridgehead atoms. The van der Waals surface area contributed by atoms with Crippen LogP contribution in [0.15, 0.2) is 24.0 Å². The Hall–Kier alpha value is -1.62. The van der Waals surface area contributed by atoms with E-state index in [2.05, 4.69) is 11.1 Å². The van der Waals surface area contributed by atoms with Gasteiger partial charge in [0, 0.05) is 11.1 Å². The van der Waals surface area contributed by atoms with E-state index in [0.717, 1.165) is 0 Å². The molecule has 15 heavy (non-hydrogen) atoms. The van der Waals surface area contributed by atoms with Crippen LogP contribution in [-0.4, -0.2) is 20.6 Å². The molecule has 1 N–H and O–H groups in total. The highest BCUT2D eigenvalue weighted by atomic mass is 32.1. The Morgan fingerprint density at radius 3 is 3.00 bits per heavy atom. The molecule has 0 spiro atoms. The zero-order valence-electron chi connectivity index (χ0n) is 8.17. The lowest BCUT2D eigenvalue weighted by atomic mass is 10.3. The summed E-state index contributed by atoms with van der Waals surface area (Å²) >= 11 is 1.67. The Kier molecular flexibility index (Phi) is 2.55. The summed E-state index contributed by atoms with van der Waals surface area (Å²) < 4.78 is 1.78. The maximum absolute atomic E-state index is 10.6. The van der Waals surface area contributed by atoms with Gasteiger partial charge in [-0.1, -0.05) is 0 Å². The molecular formula is C10H10N2O2S. The normalized spacial score (nSPS) is 10.5. The number of nitrogens with zero attached hydrogens (tertiary/aromatic N) is 2. The van der Waals surface area contributed by atoms with E-state index in [-0.39, 0.29) is 5.69 Å². The molecule has 2 aromatic rings. The zero-order valence-corrected chi connectivity index (χ0v) is 8.99. The number of aromatic nitrogens is 2.